The van der Waals surface area contributed by atoms with Crippen molar-refractivity contribution in [3.63, 3.8) is 0 Å². The van der Waals surface area contributed by atoms with Crippen molar-refractivity contribution in [1.29, 1.82) is 0 Å². The van der Waals surface area contributed by atoms with Gasteiger partial charge in [-0.3, -0.25) is 10.1 Å². The second kappa shape index (κ2) is 5.63. The molecule has 14 heavy (non-hydrogen) atoms. The van der Waals surface area contributed by atoms with Gasteiger partial charge in [0, 0.05) is 6.54 Å². The highest BCUT2D eigenvalue weighted by atomic mass is 16.3. The molecule has 1 fully saturated rings. The number of carbonyl (C=O) groups is 1. The molecule has 2 N–H and O–H groups in total. The molecule has 1 aliphatic heterocycles. The summed E-state index contributed by atoms with van der Waals surface area (Å²) in [6.45, 7) is 1.48. The van der Waals surface area contributed by atoms with Crippen LogP contribution >= 0.6 is 0 Å². The summed E-state index contributed by atoms with van der Waals surface area (Å²) < 4.78 is 0. The number of terminal acetylenes is 1. The first-order valence-corrected chi connectivity index (χ1v) is 4.84. The lowest BCUT2D eigenvalue weighted by molar-refractivity contribution is -0.131. The third kappa shape index (κ3) is 2.72. The quantitative estimate of drug-likeness (QED) is 0.457. The van der Waals surface area contributed by atoms with Crippen LogP contribution in [0.5, 0.6) is 0 Å². The number of rotatable bonds is 4. The van der Waals surface area contributed by atoms with Gasteiger partial charge >= 0.3 is 0 Å². The monoisotopic (exact) mass is 196 g/mol. The third-order valence-electron chi connectivity index (χ3n) is 2.41. The van der Waals surface area contributed by atoms with E-state index in [1.54, 1.807) is 4.90 Å². The molecule has 4 heteroatoms. The molecular formula is C10H16N2O2. The summed E-state index contributed by atoms with van der Waals surface area (Å²) in [6.07, 6.45) is 6.92. The van der Waals surface area contributed by atoms with Gasteiger partial charge < -0.3 is 10.0 Å². The lowest BCUT2D eigenvalue weighted by atomic mass is 10.2. The van der Waals surface area contributed by atoms with Crippen molar-refractivity contribution in [2.75, 3.05) is 26.2 Å². The Hall–Kier alpha value is -1.05. The molecule has 4 nitrogen and oxygen atoms in total. The number of hydrogen-bond donors (Lipinski definition) is 2. The minimum atomic E-state index is 0.00938. The summed E-state index contributed by atoms with van der Waals surface area (Å²) in [5.74, 6) is 2.43. The van der Waals surface area contributed by atoms with E-state index >= 15 is 0 Å². The molecule has 0 unspecified atom stereocenters. The highest BCUT2D eigenvalue weighted by Gasteiger charge is 2.27. The molecule has 1 amide bonds. The van der Waals surface area contributed by atoms with Gasteiger partial charge in [-0.1, -0.05) is 5.92 Å². The molecule has 0 saturated carbocycles. The fraction of sp³-hybridized carbons (Fsp3) is 0.700. The van der Waals surface area contributed by atoms with Crippen LogP contribution in [0.25, 0.3) is 0 Å². The number of aliphatic hydroxyl groups excluding tert-OH is 1. The fourth-order valence-electron chi connectivity index (χ4n) is 1.70. The number of nitrogens with one attached hydrogen (secondary N) is 1. The SMILES string of the molecule is C#CCNCC(=O)N1CCC[C@H]1CO. The Balaban J connectivity index is 2.32. The Bertz CT molecular complexity index is 235. The van der Waals surface area contributed by atoms with Crippen molar-refractivity contribution in [3.8, 4) is 12.3 Å². The number of hydrogen-bond acceptors (Lipinski definition) is 3. The first-order valence-electron chi connectivity index (χ1n) is 4.84. The van der Waals surface area contributed by atoms with E-state index in [0.717, 1.165) is 19.4 Å². The number of carbonyl (C=O) groups excluding carboxylic acids is 1. The molecule has 0 aliphatic carbocycles. The Morgan fingerprint density at radius 3 is 3.14 bits per heavy atom. The van der Waals surface area contributed by atoms with E-state index in [0.29, 0.717) is 6.54 Å². The minimum absolute atomic E-state index is 0.00938. The van der Waals surface area contributed by atoms with Gasteiger partial charge in [0.2, 0.25) is 5.91 Å². The van der Waals surface area contributed by atoms with E-state index in [9.17, 15) is 4.79 Å². The molecule has 0 aromatic rings. The molecule has 0 radical (unpaired) electrons. The van der Waals surface area contributed by atoms with Gasteiger partial charge in [-0.15, -0.1) is 6.42 Å². The zero-order valence-electron chi connectivity index (χ0n) is 8.20. The van der Waals surface area contributed by atoms with E-state index in [2.05, 4.69) is 11.2 Å². The molecule has 0 aromatic heterocycles. The van der Waals surface area contributed by atoms with Gasteiger partial charge in [-0.2, -0.15) is 0 Å². The van der Waals surface area contributed by atoms with Gasteiger partial charge in [0.05, 0.1) is 25.7 Å². The number of likely N-dealkylation sites (tertiary alicyclic amines) is 1. The molecule has 0 bridgehead atoms. The second-order valence-electron chi connectivity index (χ2n) is 3.37. The predicted molar refractivity (Wildman–Crippen MR) is 53.5 cm³/mol. The first kappa shape index (κ1) is 11.0. The van der Waals surface area contributed by atoms with Crippen LogP contribution in [0, 0.1) is 12.3 Å². The average molecular weight is 196 g/mol. The van der Waals surface area contributed by atoms with E-state index in [-0.39, 0.29) is 25.1 Å². The minimum Gasteiger partial charge on any atom is -0.394 e. The van der Waals surface area contributed by atoms with Crippen LogP contribution in [0.1, 0.15) is 12.8 Å². The number of nitrogens with zero attached hydrogens (tertiary/aromatic N) is 1. The van der Waals surface area contributed by atoms with E-state index in [1.807, 2.05) is 0 Å². The van der Waals surface area contributed by atoms with Crippen molar-refractivity contribution in [1.82, 2.24) is 10.2 Å². The zero-order valence-corrected chi connectivity index (χ0v) is 8.20. The largest absolute Gasteiger partial charge is 0.394 e. The Labute approximate surface area is 84.3 Å². The summed E-state index contributed by atoms with van der Waals surface area (Å²) in [4.78, 5) is 13.3. The number of amides is 1. The molecule has 0 aromatic carbocycles. The van der Waals surface area contributed by atoms with Crippen molar-refractivity contribution in [3.05, 3.63) is 0 Å². The van der Waals surface area contributed by atoms with Crippen molar-refractivity contribution >= 4 is 5.91 Å². The van der Waals surface area contributed by atoms with E-state index < -0.39 is 0 Å². The maximum atomic E-state index is 11.6. The van der Waals surface area contributed by atoms with Crippen LogP contribution in [0.3, 0.4) is 0 Å². The number of aliphatic hydroxyl groups is 1. The third-order valence-corrected chi connectivity index (χ3v) is 2.41. The summed E-state index contributed by atoms with van der Waals surface area (Å²) in [7, 11) is 0. The fourth-order valence-corrected chi connectivity index (χ4v) is 1.70. The molecule has 1 heterocycles. The predicted octanol–water partition coefficient (Wildman–Crippen LogP) is -0.807. The van der Waals surface area contributed by atoms with Gasteiger partial charge in [-0.05, 0) is 12.8 Å². The topological polar surface area (TPSA) is 52.6 Å². The molecule has 1 saturated heterocycles. The molecule has 1 atom stereocenters. The van der Waals surface area contributed by atoms with E-state index in [1.165, 1.54) is 0 Å². The maximum Gasteiger partial charge on any atom is 0.236 e. The van der Waals surface area contributed by atoms with Crippen molar-refractivity contribution in [2.24, 2.45) is 0 Å². The zero-order chi connectivity index (χ0) is 10.4. The molecule has 1 rings (SSSR count). The highest BCUT2D eigenvalue weighted by molar-refractivity contribution is 5.78. The summed E-state index contributed by atoms with van der Waals surface area (Å²) in [5.41, 5.74) is 0. The highest BCUT2D eigenvalue weighted by Crippen LogP contribution is 2.16. The lowest BCUT2D eigenvalue weighted by Gasteiger charge is -2.22. The Morgan fingerprint density at radius 1 is 1.71 bits per heavy atom. The second-order valence-corrected chi connectivity index (χ2v) is 3.37. The summed E-state index contributed by atoms with van der Waals surface area (Å²) >= 11 is 0. The van der Waals surface area contributed by atoms with Gasteiger partial charge in [0.25, 0.3) is 0 Å². The van der Waals surface area contributed by atoms with Crippen LogP contribution in [-0.4, -0.2) is 48.2 Å². The van der Waals surface area contributed by atoms with Gasteiger partial charge in [0.1, 0.15) is 0 Å². The summed E-state index contributed by atoms with van der Waals surface area (Å²) in [5, 5.41) is 11.9. The molecule has 0 spiro atoms. The average Bonchev–Trinajstić information content (AvgIpc) is 2.65. The maximum absolute atomic E-state index is 11.6. The van der Waals surface area contributed by atoms with Gasteiger partial charge in [0.15, 0.2) is 0 Å². The Morgan fingerprint density at radius 2 is 2.50 bits per heavy atom. The van der Waals surface area contributed by atoms with Crippen molar-refractivity contribution in [2.45, 2.75) is 18.9 Å². The van der Waals surface area contributed by atoms with Crippen molar-refractivity contribution < 1.29 is 9.90 Å². The smallest absolute Gasteiger partial charge is 0.236 e. The van der Waals surface area contributed by atoms with E-state index in [4.69, 9.17) is 11.5 Å². The van der Waals surface area contributed by atoms with Gasteiger partial charge in [-0.25, -0.2) is 0 Å². The summed E-state index contributed by atoms with van der Waals surface area (Å²) in [6, 6.07) is 0.00938. The van der Waals surface area contributed by atoms with Crippen LogP contribution in [-0.2, 0) is 4.79 Å². The standard InChI is InChI=1S/C10H16N2O2/c1-2-5-11-7-10(14)12-6-3-4-9(12)8-13/h1,9,11,13H,3-8H2/t9-/m0/s1. The van der Waals surface area contributed by atoms with Crippen LogP contribution in [0.2, 0.25) is 0 Å². The van der Waals surface area contributed by atoms with Crippen LogP contribution in [0.15, 0.2) is 0 Å². The first-order chi connectivity index (χ1) is 6.79. The molecular weight excluding hydrogens is 180 g/mol. The lowest BCUT2D eigenvalue weighted by Crippen LogP contribution is -2.42. The van der Waals surface area contributed by atoms with Crippen LogP contribution < -0.4 is 5.32 Å². The molecule has 1 aliphatic rings. The normalized spacial score (nSPS) is 20.9. The van der Waals surface area contributed by atoms with Crippen LogP contribution in [0.4, 0.5) is 0 Å². The molecule has 78 valence electrons. The Kier molecular flexibility index (Phi) is 4.44.